The Morgan fingerprint density at radius 1 is 1.35 bits per heavy atom. The minimum absolute atomic E-state index is 0.148. The van der Waals surface area contributed by atoms with Gasteiger partial charge in [-0.3, -0.25) is 4.57 Å². The Hall–Kier alpha value is -1.73. The van der Waals surface area contributed by atoms with Crippen LogP contribution >= 0.6 is 11.6 Å². The number of rotatable bonds is 6. The SMILES string of the molecule is CC(C)OCCN(C)c1nc(Cl)nc(-n2ccnc2)n1. The lowest BCUT2D eigenvalue weighted by Gasteiger charge is -2.18. The van der Waals surface area contributed by atoms with Crippen molar-refractivity contribution in [3.8, 4) is 5.95 Å². The van der Waals surface area contributed by atoms with Crippen LogP contribution in [0.2, 0.25) is 5.28 Å². The zero-order valence-corrected chi connectivity index (χ0v) is 12.4. The minimum Gasteiger partial charge on any atom is -0.377 e. The van der Waals surface area contributed by atoms with E-state index in [1.807, 2.05) is 25.8 Å². The van der Waals surface area contributed by atoms with Gasteiger partial charge in [-0.2, -0.15) is 15.0 Å². The largest absolute Gasteiger partial charge is 0.377 e. The minimum atomic E-state index is 0.148. The Balaban J connectivity index is 2.11. The molecule has 0 amide bonds. The van der Waals surface area contributed by atoms with Gasteiger partial charge in [0.2, 0.25) is 17.2 Å². The van der Waals surface area contributed by atoms with Crippen LogP contribution in [0.25, 0.3) is 5.95 Å². The highest BCUT2D eigenvalue weighted by Gasteiger charge is 2.10. The average Bonchev–Trinajstić information content (AvgIpc) is 2.91. The summed E-state index contributed by atoms with van der Waals surface area (Å²) in [6, 6.07) is 0. The summed E-state index contributed by atoms with van der Waals surface area (Å²) in [5, 5.41) is 0.148. The van der Waals surface area contributed by atoms with Gasteiger partial charge in [0.25, 0.3) is 0 Å². The fourth-order valence-electron chi connectivity index (χ4n) is 1.52. The number of hydrogen-bond donors (Lipinski definition) is 0. The fourth-order valence-corrected chi connectivity index (χ4v) is 1.67. The first-order valence-electron chi connectivity index (χ1n) is 6.29. The van der Waals surface area contributed by atoms with Crippen molar-refractivity contribution in [1.82, 2.24) is 24.5 Å². The Bertz CT molecular complexity index is 545. The van der Waals surface area contributed by atoms with E-state index in [1.54, 1.807) is 23.3 Å². The highest BCUT2D eigenvalue weighted by Crippen LogP contribution is 2.12. The molecule has 0 aliphatic carbocycles. The molecule has 20 heavy (non-hydrogen) atoms. The number of hydrogen-bond acceptors (Lipinski definition) is 6. The third-order valence-electron chi connectivity index (χ3n) is 2.54. The molecule has 0 bridgehead atoms. The molecule has 0 saturated heterocycles. The summed E-state index contributed by atoms with van der Waals surface area (Å²) in [5.41, 5.74) is 0. The van der Waals surface area contributed by atoms with Gasteiger partial charge in [-0.15, -0.1) is 0 Å². The van der Waals surface area contributed by atoms with Gasteiger partial charge in [0.05, 0.1) is 12.7 Å². The highest BCUT2D eigenvalue weighted by atomic mass is 35.5. The van der Waals surface area contributed by atoms with Crippen LogP contribution in [0, 0.1) is 0 Å². The molecule has 0 atom stereocenters. The molecule has 8 heteroatoms. The molecule has 0 unspecified atom stereocenters. The van der Waals surface area contributed by atoms with Gasteiger partial charge in [-0.05, 0) is 25.4 Å². The lowest BCUT2D eigenvalue weighted by molar-refractivity contribution is 0.0844. The van der Waals surface area contributed by atoms with E-state index in [0.29, 0.717) is 25.0 Å². The molecule has 2 aromatic rings. The van der Waals surface area contributed by atoms with E-state index < -0.39 is 0 Å². The molecular weight excluding hydrogens is 280 g/mol. The van der Waals surface area contributed by atoms with Crippen molar-refractivity contribution in [2.75, 3.05) is 25.1 Å². The first-order valence-corrected chi connectivity index (χ1v) is 6.66. The lowest BCUT2D eigenvalue weighted by atomic mass is 10.5. The van der Waals surface area contributed by atoms with Crippen LogP contribution in [0.3, 0.4) is 0 Å². The van der Waals surface area contributed by atoms with Crippen LogP contribution in [-0.2, 0) is 4.74 Å². The first-order chi connectivity index (χ1) is 9.56. The Morgan fingerprint density at radius 3 is 2.80 bits per heavy atom. The number of halogens is 1. The van der Waals surface area contributed by atoms with Gasteiger partial charge in [0.1, 0.15) is 6.33 Å². The van der Waals surface area contributed by atoms with Crippen LogP contribution < -0.4 is 4.90 Å². The van der Waals surface area contributed by atoms with Gasteiger partial charge in [-0.1, -0.05) is 0 Å². The molecular formula is C12H17ClN6O. The molecule has 0 N–H and O–H groups in total. The second-order valence-corrected chi connectivity index (χ2v) is 4.85. The molecule has 0 fully saturated rings. The molecule has 7 nitrogen and oxygen atoms in total. The Kier molecular flexibility index (Phi) is 4.86. The molecule has 0 spiro atoms. The van der Waals surface area contributed by atoms with Crippen molar-refractivity contribution in [1.29, 1.82) is 0 Å². The van der Waals surface area contributed by atoms with E-state index in [0.717, 1.165) is 0 Å². The number of imidazole rings is 1. The van der Waals surface area contributed by atoms with Gasteiger partial charge in [-0.25, -0.2) is 4.98 Å². The van der Waals surface area contributed by atoms with Crippen molar-refractivity contribution in [3.63, 3.8) is 0 Å². The van der Waals surface area contributed by atoms with Crippen LogP contribution in [0.5, 0.6) is 0 Å². The van der Waals surface area contributed by atoms with Crippen LogP contribution in [-0.4, -0.2) is 50.8 Å². The summed E-state index contributed by atoms with van der Waals surface area (Å²) < 4.78 is 7.18. The lowest BCUT2D eigenvalue weighted by Crippen LogP contribution is -2.26. The maximum Gasteiger partial charge on any atom is 0.241 e. The second-order valence-electron chi connectivity index (χ2n) is 4.52. The van der Waals surface area contributed by atoms with E-state index >= 15 is 0 Å². The van der Waals surface area contributed by atoms with E-state index in [1.165, 1.54) is 0 Å². The molecule has 2 rings (SSSR count). The number of nitrogens with zero attached hydrogens (tertiary/aromatic N) is 6. The maximum absolute atomic E-state index is 5.94. The van der Waals surface area contributed by atoms with E-state index in [-0.39, 0.29) is 11.4 Å². The van der Waals surface area contributed by atoms with Gasteiger partial charge >= 0.3 is 0 Å². The van der Waals surface area contributed by atoms with Crippen LogP contribution in [0.1, 0.15) is 13.8 Å². The van der Waals surface area contributed by atoms with Crippen molar-refractivity contribution in [3.05, 3.63) is 24.0 Å². The zero-order chi connectivity index (χ0) is 14.5. The standard InChI is InChI=1S/C12H17ClN6O/c1-9(2)20-7-6-18(3)11-15-10(13)16-12(17-11)19-5-4-14-8-19/h4-5,8-9H,6-7H2,1-3H3. The van der Waals surface area contributed by atoms with Crippen LogP contribution in [0.4, 0.5) is 5.95 Å². The van der Waals surface area contributed by atoms with Crippen molar-refractivity contribution < 1.29 is 4.74 Å². The number of likely N-dealkylation sites (N-methyl/N-ethyl adjacent to an activating group) is 1. The first kappa shape index (κ1) is 14.7. The maximum atomic E-state index is 5.94. The Morgan fingerprint density at radius 2 is 2.15 bits per heavy atom. The van der Waals surface area contributed by atoms with E-state index in [9.17, 15) is 0 Å². The number of aromatic nitrogens is 5. The Labute approximate surface area is 122 Å². The topological polar surface area (TPSA) is 69.0 Å². The summed E-state index contributed by atoms with van der Waals surface area (Å²) >= 11 is 5.94. The molecule has 0 aliphatic rings. The second kappa shape index (κ2) is 6.62. The fraction of sp³-hybridized carbons (Fsp3) is 0.500. The predicted molar refractivity (Wildman–Crippen MR) is 76.3 cm³/mol. The van der Waals surface area contributed by atoms with Gasteiger partial charge in [0, 0.05) is 26.0 Å². The normalized spacial score (nSPS) is 11.1. The number of ether oxygens (including phenoxy) is 1. The summed E-state index contributed by atoms with van der Waals surface area (Å²) in [6.45, 7) is 5.26. The van der Waals surface area contributed by atoms with Gasteiger partial charge < -0.3 is 9.64 Å². The third-order valence-corrected chi connectivity index (χ3v) is 2.71. The number of anilines is 1. The van der Waals surface area contributed by atoms with Crippen molar-refractivity contribution >= 4 is 17.5 Å². The van der Waals surface area contributed by atoms with Crippen molar-refractivity contribution in [2.45, 2.75) is 20.0 Å². The van der Waals surface area contributed by atoms with Crippen LogP contribution in [0.15, 0.2) is 18.7 Å². The molecule has 108 valence electrons. The average molecular weight is 297 g/mol. The predicted octanol–water partition coefficient (Wildman–Crippen LogP) is 1.57. The summed E-state index contributed by atoms with van der Waals surface area (Å²) in [4.78, 5) is 18.4. The summed E-state index contributed by atoms with van der Waals surface area (Å²) in [7, 11) is 1.88. The van der Waals surface area contributed by atoms with Gasteiger partial charge in [0.15, 0.2) is 0 Å². The molecule has 0 radical (unpaired) electrons. The quantitative estimate of drug-likeness (QED) is 0.806. The van der Waals surface area contributed by atoms with E-state index in [4.69, 9.17) is 16.3 Å². The monoisotopic (exact) mass is 296 g/mol. The molecule has 0 aliphatic heterocycles. The highest BCUT2D eigenvalue weighted by molar-refractivity contribution is 6.28. The van der Waals surface area contributed by atoms with Crippen molar-refractivity contribution in [2.24, 2.45) is 0 Å². The zero-order valence-electron chi connectivity index (χ0n) is 11.7. The third kappa shape index (κ3) is 3.88. The molecule has 0 aromatic carbocycles. The van der Waals surface area contributed by atoms with E-state index in [2.05, 4.69) is 19.9 Å². The summed E-state index contributed by atoms with van der Waals surface area (Å²) in [5.74, 6) is 0.940. The smallest absolute Gasteiger partial charge is 0.241 e. The summed E-state index contributed by atoms with van der Waals surface area (Å²) in [6.07, 6.45) is 5.21. The molecule has 2 aromatic heterocycles. The molecule has 0 saturated carbocycles. The molecule has 2 heterocycles.